The Hall–Kier alpha value is -2.63. The number of nitrogens with one attached hydrogen (secondary N) is 2. The van der Waals surface area contributed by atoms with Crippen molar-refractivity contribution in [1.29, 1.82) is 0 Å². The molecule has 1 amide bonds. The summed E-state index contributed by atoms with van der Waals surface area (Å²) in [7, 11) is 0. The van der Waals surface area contributed by atoms with Crippen LogP contribution in [0, 0.1) is 6.92 Å². The van der Waals surface area contributed by atoms with E-state index in [4.69, 9.17) is 23.2 Å². The zero-order chi connectivity index (χ0) is 17.8. The second kappa shape index (κ2) is 7.51. The van der Waals surface area contributed by atoms with E-state index >= 15 is 0 Å². The highest BCUT2D eigenvalue weighted by atomic mass is 35.5. The minimum atomic E-state index is -0.404. The second-order valence-corrected chi connectivity index (χ2v) is 6.20. The first-order chi connectivity index (χ1) is 12.0. The fourth-order valence-corrected chi connectivity index (χ4v) is 2.61. The van der Waals surface area contributed by atoms with Crippen molar-refractivity contribution < 1.29 is 4.79 Å². The van der Waals surface area contributed by atoms with Gasteiger partial charge in [0.1, 0.15) is 11.5 Å². The summed E-state index contributed by atoms with van der Waals surface area (Å²) in [6, 6.07) is 12.7. The first-order valence-corrected chi connectivity index (χ1v) is 8.19. The molecule has 1 heterocycles. The van der Waals surface area contributed by atoms with Crippen LogP contribution in [0.4, 0.5) is 17.2 Å². The molecule has 0 unspecified atom stereocenters. The molecule has 0 radical (unpaired) electrons. The summed E-state index contributed by atoms with van der Waals surface area (Å²) in [6.45, 7) is 2.01. The molecule has 3 rings (SSSR count). The van der Waals surface area contributed by atoms with Gasteiger partial charge < -0.3 is 10.6 Å². The van der Waals surface area contributed by atoms with Gasteiger partial charge in [-0.25, -0.2) is 9.97 Å². The number of carbonyl (C=O) groups excluding carboxylic acids is 1. The van der Waals surface area contributed by atoms with Crippen LogP contribution in [0.1, 0.15) is 16.1 Å². The number of halogens is 2. The third kappa shape index (κ3) is 4.47. The van der Waals surface area contributed by atoms with E-state index in [-0.39, 0.29) is 5.69 Å². The first kappa shape index (κ1) is 17.2. The predicted octanol–water partition coefficient (Wildman–Crippen LogP) is 5.09. The van der Waals surface area contributed by atoms with Crippen LogP contribution in [0.15, 0.2) is 54.9 Å². The van der Waals surface area contributed by atoms with Gasteiger partial charge in [0.05, 0.1) is 23.1 Å². The molecule has 2 N–H and O–H groups in total. The first-order valence-electron chi connectivity index (χ1n) is 7.43. The Bertz CT molecular complexity index is 913. The number of aryl methyl sites for hydroxylation is 1. The minimum Gasteiger partial charge on any atom is -0.339 e. The molecule has 0 saturated carbocycles. The van der Waals surface area contributed by atoms with E-state index in [0.29, 0.717) is 21.6 Å². The van der Waals surface area contributed by atoms with Gasteiger partial charge in [0, 0.05) is 10.7 Å². The van der Waals surface area contributed by atoms with E-state index in [2.05, 4.69) is 20.6 Å². The largest absolute Gasteiger partial charge is 0.339 e. The van der Waals surface area contributed by atoms with E-state index in [1.165, 1.54) is 12.4 Å². The fourth-order valence-electron chi connectivity index (χ4n) is 2.16. The van der Waals surface area contributed by atoms with E-state index in [1.54, 1.807) is 18.2 Å². The third-order valence-electron chi connectivity index (χ3n) is 3.35. The lowest BCUT2D eigenvalue weighted by Crippen LogP contribution is -2.14. The van der Waals surface area contributed by atoms with Gasteiger partial charge in [0.2, 0.25) is 0 Å². The average Bonchev–Trinajstić information content (AvgIpc) is 2.58. The molecule has 0 spiro atoms. The van der Waals surface area contributed by atoms with Crippen molar-refractivity contribution in [2.75, 3.05) is 10.6 Å². The van der Waals surface area contributed by atoms with Crippen molar-refractivity contribution in [2.45, 2.75) is 6.92 Å². The Balaban J connectivity index is 1.70. The molecule has 2 aromatic carbocycles. The van der Waals surface area contributed by atoms with Crippen molar-refractivity contribution in [3.8, 4) is 0 Å². The Morgan fingerprint density at radius 3 is 2.56 bits per heavy atom. The van der Waals surface area contributed by atoms with Gasteiger partial charge in [0.15, 0.2) is 0 Å². The zero-order valence-corrected chi connectivity index (χ0v) is 14.8. The lowest BCUT2D eigenvalue weighted by molar-refractivity contribution is 0.102. The number of benzene rings is 2. The van der Waals surface area contributed by atoms with E-state index in [1.807, 2.05) is 31.2 Å². The molecule has 0 saturated heterocycles. The lowest BCUT2D eigenvalue weighted by atomic mass is 10.2. The maximum absolute atomic E-state index is 12.2. The number of hydrogen-bond acceptors (Lipinski definition) is 4. The van der Waals surface area contributed by atoms with Crippen molar-refractivity contribution in [3.63, 3.8) is 0 Å². The molecule has 7 heteroatoms. The molecule has 0 atom stereocenters. The van der Waals surface area contributed by atoms with Crippen molar-refractivity contribution in [2.24, 2.45) is 0 Å². The number of carbonyl (C=O) groups is 1. The highest BCUT2D eigenvalue weighted by molar-refractivity contribution is 6.36. The minimum absolute atomic E-state index is 0.181. The van der Waals surface area contributed by atoms with Gasteiger partial charge >= 0.3 is 0 Å². The van der Waals surface area contributed by atoms with Crippen molar-refractivity contribution in [3.05, 3.63) is 76.2 Å². The molecule has 25 heavy (non-hydrogen) atoms. The summed E-state index contributed by atoms with van der Waals surface area (Å²) < 4.78 is 0. The van der Waals surface area contributed by atoms with Crippen LogP contribution in [0.2, 0.25) is 10.0 Å². The number of anilines is 3. The van der Waals surface area contributed by atoms with Crippen LogP contribution in [0.25, 0.3) is 0 Å². The third-order valence-corrected chi connectivity index (χ3v) is 3.90. The van der Waals surface area contributed by atoms with E-state index in [9.17, 15) is 4.79 Å². The molecular formula is C18H14Cl2N4O. The maximum Gasteiger partial charge on any atom is 0.275 e. The topological polar surface area (TPSA) is 66.9 Å². The predicted molar refractivity (Wildman–Crippen MR) is 101 cm³/mol. The van der Waals surface area contributed by atoms with Crippen molar-refractivity contribution >= 4 is 46.3 Å². The van der Waals surface area contributed by atoms with Crippen LogP contribution in [-0.2, 0) is 0 Å². The summed E-state index contributed by atoms with van der Waals surface area (Å²) in [5.41, 5.74) is 2.67. The number of rotatable bonds is 4. The second-order valence-electron chi connectivity index (χ2n) is 5.36. The van der Waals surface area contributed by atoms with Crippen LogP contribution in [0.3, 0.4) is 0 Å². The molecule has 0 aliphatic rings. The summed E-state index contributed by atoms with van der Waals surface area (Å²) >= 11 is 11.9. The number of amides is 1. The van der Waals surface area contributed by atoms with Gasteiger partial charge in [0.25, 0.3) is 5.91 Å². The Kier molecular flexibility index (Phi) is 5.16. The van der Waals surface area contributed by atoms with Gasteiger partial charge in [-0.2, -0.15) is 0 Å². The zero-order valence-electron chi connectivity index (χ0n) is 13.3. The number of aromatic nitrogens is 2. The monoisotopic (exact) mass is 372 g/mol. The average molecular weight is 373 g/mol. The summed E-state index contributed by atoms with van der Waals surface area (Å²) in [6.07, 6.45) is 2.90. The molecule has 0 fully saturated rings. The van der Waals surface area contributed by atoms with Gasteiger partial charge in [-0.15, -0.1) is 0 Å². The molecule has 0 aliphatic heterocycles. The van der Waals surface area contributed by atoms with Crippen molar-refractivity contribution in [1.82, 2.24) is 9.97 Å². The molecule has 0 aliphatic carbocycles. The molecular weight excluding hydrogens is 359 g/mol. The smallest absolute Gasteiger partial charge is 0.275 e. The van der Waals surface area contributed by atoms with Gasteiger partial charge in [-0.05, 0) is 42.8 Å². The molecule has 126 valence electrons. The summed E-state index contributed by atoms with van der Waals surface area (Å²) in [5, 5.41) is 6.66. The van der Waals surface area contributed by atoms with Crippen LogP contribution >= 0.6 is 23.2 Å². The quantitative estimate of drug-likeness (QED) is 0.669. The Labute approximate surface area is 155 Å². The van der Waals surface area contributed by atoms with E-state index < -0.39 is 5.91 Å². The standard InChI is InChI=1S/C18H14Cl2N4O/c1-11-3-2-4-13(7-11)23-17-10-21-16(9-22-17)18(25)24-15-6-5-12(19)8-14(15)20/h2-10H,1H3,(H,22,23)(H,24,25). The van der Waals surface area contributed by atoms with Crippen LogP contribution < -0.4 is 10.6 Å². The molecule has 1 aromatic heterocycles. The highest BCUT2D eigenvalue weighted by Crippen LogP contribution is 2.25. The van der Waals surface area contributed by atoms with Crippen LogP contribution in [-0.4, -0.2) is 15.9 Å². The molecule has 0 bridgehead atoms. The van der Waals surface area contributed by atoms with E-state index in [0.717, 1.165) is 11.3 Å². The van der Waals surface area contributed by atoms with Gasteiger partial charge in [-0.3, -0.25) is 4.79 Å². The maximum atomic E-state index is 12.2. The Morgan fingerprint density at radius 1 is 1.04 bits per heavy atom. The molecule has 3 aromatic rings. The Morgan fingerprint density at radius 2 is 1.88 bits per heavy atom. The SMILES string of the molecule is Cc1cccc(Nc2cnc(C(=O)Nc3ccc(Cl)cc3Cl)cn2)c1. The fraction of sp³-hybridized carbons (Fsp3) is 0.0556. The summed E-state index contributed by atoms with van der Waals surface area (Å²) in [4.78, 5) is 20.6. The number of nitrogens with zero attached hydrogens (tertiary/aromatic N) is 2. The lowest BCUT2D eigenvalue weighted by Gasteiger charge is -2.08. The van der Waals surface area contributed by atoms with Gasteiger partial charge in [-0.1, -0.05) is 35.3 Å². The molecule has 5 nitrogen and oxygen atoms in total. The number of hydrogen-bond donors (Lipinski definition) is 2. The normalized spacial score (nSPS) is 10.4. The van der Waals surface area contributed by atoms with Crippen LogP contribution in [0.5, 0.6) is 0 Å². The highest BCUT2D eigenvalue weighted by Gasteiger charge is 2.11. The summed E-state index contributed by atoms with van der Waals surface area (Å²) in [5.74, 6) is 0.144.